The number of methoxy groups -OCH3 is 1. The van der Waals surface area contributed by atoms with Crippen molar-refractivity contribution >= 4 is 38.1 Å². The summed E-state index contributed by atoms with van der Waals surface area (Å²) in [5.41, 5.74) is 1.37. The van der Waals surface area contributed by atoms with E-state index in [1.165, 1.54) is 4.31 Å². The van der Waals surface area contributed by atoms with Gasteiger partial charge in [-0.2, -0.15) is 8.42 Å². The number of nitrogens with zero attached hydrogens (tertiary/aromatic N) is 3. The number of sulfonamides is 1. The van der Waals surface area contributed by atoms with E-state index in [0.29, 0.717) is 17.9 Å². The second kappa shape index (κ2) is 9.88. The number of hydrogen-bond donors (Lipinski definition) is 1. The van der Waals surface area contributed by atoms with Crippen molar-refractivity contribution in [2.45, 2.75) is 30.5 Å². The number of anilines is 2. The first-order valence-corrected chi connectivity index (χ1v) is 12.0. The van der Waals surface area contributed by atoms with Gasteiger partial charge in [-0.15, -0.1) is 10.2 Å². The monoisotopic (exact) mass is 460 g/mol. The lowest BCUT2D eigenvalue weighted by molar-refractivity contribution is -0.117. The van der Waals surface area contributed by atoms with Crippen LogP contribution in [0.4, 0.5) is 10.8 Å². The third kappa shape index (κ3) is 5.02. The van der Waals surface area contributed by atoms with Crippen LogP contribution in [0.5, 0.6) is 5.75 Å². The van der Waals surface area contributed by atoms with Gasteiger partial charge in [0.25, 0.3) is 14.4 Å². The van der Waals surface area contributed by atoms with Crippen molar-refractivity contribution in [2.75, 3.05) is 23.3 Å². The van der Waals surface area contributed by atoms with Gasteiger partial charge in [0.15, 0.2) is 0 Å². The molecule has 164 valence electrons. The minimum atomic E-state index is -3.93. The van der Waals surface area contributed by atoms with Gasteiger partial charge in [0.2, 0.25) is 11.0 Å². The third-order valence-corrected chi connectivity index (χ3v) is 7.81. The molecule has 0 unspecified atom stereocenters. The van der Waals surface area contributed by atoms with Crippen LogP contribution in [0.25, 0.3) is 0 Å². The highest BCUT2D eigenvalue weighted by atomic mass is 32.2. The molecule has 0 spiro atoms. The number of nitrogens with one attached hydrogen (secondary N) is 1. The Balaban J connectivity index is 1.80. The smallest absolute Gasteiger partial charge is 0.293 e. The summed E-state index contributed by atoms with van der Waals surface area (Å²) in [6.07, 6.45) is 0.598. The number of amides is 1. The van der Waals surface area contributed by atoms with Crippen molar-refractivity contribution in [3.63, 3.8) is 0 Å². The predicted octanol–water partition coefficient (Wildman–Crippen LogP) is 3.89. The van der Waals surface area contributed by atoms with Crippen LogP contribution in [-0.2, 0) is 14.8 Å². The van der Waals surface area contributed by atoms with Crippen molar-refractivity contribution in [3.8, 4) is 5.75 Å². The quantitative estimate of drug-likeness (QED) is 0.486. The number of benzene rings is 2. The Morgan fingerprint density at radius 1 is 1.10 bits per heavy atom. The molecule has 2 aromatic carbocycles. The largest absolute Gasteiger partial charge is 0.497 e. The van der Waals surface area contributed by atoms with E-state index in [9.17, 15) is 13.2 Å². The van der Waals surface area contributed by atoms with Gasteiger partial charge in [-0.1, -0.05) is 48.6 Å². The number of ether oxygens (including phenoxy) is 1. The lowest BCUT2D eigenvalue weighted by atomic mass is 9.96. The van der Waals surface area contributed by atoms with Crippen LogP contribution in [0, 0.1) is 0 Å². The van der Waals surface area contributed by atoms with Crippen LogP contribution >= 0.6 is 11.3 Å². The summed E-state index contributed by atoms with van der Waals surface area (Å²) in [6, 6.07) is 16.1. The van der Waals surface area contributed by atoms with Gasteiger partial charge < -0.3 is 4.74 Å². The van der Waals surface area contributed by atoms with E-state index in [2.05, 4.69) is 15.5 Å². The Morgan fingerprint density at radius 2 is 1.77 bits per heavy atom. The fraction of sp³-hybridized carbons (Fsp3) is 0.286. The van der Waals surface area contributed by atoms with E-state index in [0.717, 1.165) is 16.9 Å². The number of rotatable bonds is 9. The molecule has 10 heteroatoms. The number of hydrogen-bond acceptors (Lipinski definition) is 7. The molecule has 0 saturated heterocycles. The molecule has 0 saturated carbocycles. The predicted molar refractivity (Wildman–Crippen MR) is 121 cm³/mol. The van der Waals surface area contributed by atoms with Crippen molar-refractivity contribution < 1.29 is 17.9 Å². The summed E-state index contributed by atoms with van der Waals surface area (Å²) in [4.78, 5) is 12.7. The molecule has 0 aliphatic carbocycles. The molecule has 1 atom stereocenters. The molecule has 0 fully saturated rings. The Morgan fingerprint density at radius 3 is 2.35 bits per heavy atom. The number of carbonyl (C=O) groups is 1. The molecule has 3 aromatic rings. The molecule has 3 rings (SSSR count). The topological polar surface area (TPSA) is 101 Å². The van der Waals surface area contributed by atoms with Crippen LogP contribution in [-0.4, -0.2) is 38.2 Å². The SMILES string of the molecule is CC[C@@H](C(=O)Nc1nnc(S(=O)(=O)N(CC)c2ccc(OC)cc2)s1)c1ccccc1. The summed E-state index contributed by atoms with van der Waals surface area (Å²) >= 11 is 0.829. The lowest BCUT2D eigenvalue weighted by Crippen LogP contribution is -2.30. The van der Waals surface area contributed by atoms with Gasteiger partial charge >= 0.3 is 0 Å². The van der Waals surface area contributed by atoms with Gasteiger partial charge in [-0.25, -0.2) is 0 Å². The van der Waals surface area contributed by atoms with Gasteiger partial charge in [-0.05, 0) is 43.2 Å². The molecule has 8 nitrogen and oxygen atoms in total. The average Bonchev–Trinajstić information content (AvgIpc) is 3.25. The van der Waals surface area contributed by atoms with Gasteiger partial charge in [0, 0.05) is 6.54 Å². The Kier molecular flexibility index (Phi) is 7.24. The molecule has 1 aromatic heterocycles. The molecule has 1 N–H and O–H groups in total. The highest BCUT2D eigenvalue weighted by Gasteiger charge is 2.29. The fourth-order valence-corrected chi connectivity index (χ4v) is 5.63. The summed E-state index contributed by atoms with van der Waals surface area (Å²) in [5.74, 6) is 0.00917. The number of aromatic nitrogens is 2. The molecular formula is C21H24N4O4S2. The lowest BCUT2D eigenvalue weighted by Gasteiger charge is -2.21. The summed E-state index contributed by atoms with van der Waals surface area (Å²) < 4.78 is 32.4. The molecule has 1 heterocycles. The van der Waals surface area contributed by atoms with E-state index in [1.807, 2.05) is 37.3 Å². The van der Waals surface area contributed by atoms with E-state index in [1.54, 1.807) is 38.3 Å². The minimum absolute atomic E-state index is 0.142. The molecule has 0 aliphatic heterocycles. The van der Waals surface area contributed by atoms with Crippen molar-refractivity contribution in [1.82, 2.24) is 10.2 Å². The van der Waals surface area contributed by atoms with Gasteiger partial charge in [0.05, 0.1) is 18.7 Å². The van der Waals surface area contributed by atoms with Crippen molar-refractivity contribution in [1.29, 1.82) is 0 Å². The molecular weight excluding hydrogens is 436 g/mol. The summed E-state index contributed by atoms with van der Waals surface area (Å²) in [5, 5.41) is 10.6. The molecule has 0 bridgehead atoms. The Bertz CT molecular complexity index is 1120. The second-order valence-electron chi connectivity index (χ2n) is 6.60. The van der Waals surface area contributed by atoms with Crippen molar-refractivity contribution in [3.05, 3.63) is 60.2 Å². The van der Waals surface area contributed by atoms with E-state index in [-0.39, 0.29) is 27.8 Å². The second-order valence-corrected chi connectivity index (χ2v) is 9.62. The normalized spacial score (nSPS) is 12.2. The first kappa shape index (κ1) is 22.7. The average molecular weight is 461 g/mol. The molecule has 1 amide bonds. The standard InChI is InChI=1S/C21H24N4O4S2/c1-4-18(15-9-7-6-8-10-15)19(26)22-20-23-24-21(30-20)31(27,28)25(5-2)16-11-13-17(29-3)14-12-16/h6-14,18H,4-5H2,1-3H3,(H,22,23,26)/t18-/m1/s1. The maximum absolute atomic E-state index is 13.1. The van der Waals surface area contributed by atoms with Gasteiger partial charge in [0.1, 0.15) is 5.75 Å². The van der Waals surface area contributed by atoms with E-state index >= 15 is 0 Å². The summed E-state index contributed by atoms with van der Waals surface area (Å²) in [7, 11) is -2.39. The minimum Gasteiger partial charge on any atom is -0.497 e. The first-order chi connectivity index (χ1) is 14.9. The summed E-state index contributed by atoms with van der Waals surface area (Å²) in [6.45, 7) is 3.86. The maximum atomic E-state index is 13.1. The van der Waals surface area contributed by atoms with Crippen molar-refractivity contribution in [2.24, 2.45) is 0 Å². The molecule has 0 radical (unpaired) electrons. The highest BCUT2D eigenvalue weighted by molar-refractivity contribution is 7.94. The van der Waals surface area contributed by atoms with Crippen LogP contribution in [0.15, 0.2) is 58.9 Å². The molecule has 31 heavy (non-hydrogen) atoms. The maximum Gasteiger partial charge on any atom is 0.293 e. The van der Waals surface area contributed by atoms with Crippen LogP contribution < -0.4 is 14.4 Å². The zero-order valence-electron chi connectivity index (χ0n) is 17.5. The Hall–Kier alpha value is -2.98. The highest BCUT2D eigenvalue weighted by Crippen LogP contribution is 2.29. The zero-order valence-corrected chi connectivity index (χ0v) is 19.1. The van der Waals surface area contributed by atoms with Crippen LogP contribution in [0.1, 0.15) is 31.7 Å². The van der Waals surface area contributed by atoms with E-state index in [4.69, 9.17) is 4.74 Å². The Labute approximate surface area is 185 Å². The fourth-order valence-electron chi connectivity index (χ4n) is 3.15. The number of carbonyl (C=O) groups excluding carboxylic acids is 1. The zero-order chi connectivity index (χ0) is 22.4. The van der Waals surface area contributed by atoms with Crippen LogP contribution in [0.3, 0.4) is 0 Å². The molecule has 0 aliphatic rings. The van der Waals surface area contributed by atoms with Gasteiger partial charge in [-0.3, -0.25) is 14.4 Å². The van der Waals surface area contributed by atoms with E-state index < -0.39 is 10.0 Å². The third-order valence-electron chi connectivity index (χ3n) is 4.72. The van der Waals surface area contributed by atoms with Crippen LogP contribution in [0.2, 0.25) is 0 Å². The first-order valence-electron chi connectivity index (χ1n) is 9.76.